The Labute approximate surface area is 149 Å². The molecule has 0 saturated carbocycles. The molecule has 4 atom stereocenters. The number of aliphatic hydroxyl groups excluding tert-OH is 1. The standard InChI is InChI=1S/C20H28N2O3/c1-3-18-20(23)17(13-19(24-2)25-18)21-11-6-7-14-10-12-22-16-9-5-4-8-15(14)16/h4-5,8-10,12,17-21,23H,3,6-7,11,13H2,1-2H3/t17-,18+,19-,20-/m0/s1. The van der Waals surface area contributed by atoms with Crippen molar-refractivity contribution in [3.05, 3.63) is 42.1 Å². The van der Waals surface area contributed by atoms with Gasteiger partial charge in [0.2, 0.25) is 0 Å². The Hall–Kier alpha value is -1.53. The lowest BCUT2D eigenvalue weighted by molar-refractivity contribution is -0.220. The van der Waals surface area contributed by atoms with Crippen molar-refractivity contribution < 1.29 is 14.6 Å². The monoisotopic (exact) mass is 344 g/mol. The van der Waals surface area contributed by atoms with Gasteiger partial charge in [0.15, 0.2) is 6.29 Å². The van der Waals surface area contributed by atoms with Gasteiger partial charge in [-0.15, -0.1) is 0 Å². The first-order valence-electron chi connectivity index (χ1n) is 9.15. The highest BCUT2D eigenvalue weighted by atomic mass is 16.7. The Morgan fingerprint density at radius 3 is 2.96 bits per heavy atom. The first-order chi connectivity index (χ1) is 12.2. The highest BCUT2D eigenvalue weighted by molar-refractivity contribution is 5.81. The van der Waals surface area contributed by atoms with Crippen LogP contribution in [-0.4, -0.2) is 48.3 Å². The van der Waals surface area contributed by atoms with Crippen molar-refractivity contribution in [2.24, 2.45) is 0 Å². The number of nitrogens with zero attached hydrogens (tertiary/aromatic N) is 1. The third kappa shape index (κ3) is 4.36. The molecule has 2 aromatic rings. The minimum Gasteiger partial charge on any atom is -0.389 e. The summed E-state index contributed by atoms with van der Waals surface area (Å²) >= 11 is 0. The lowest BCUT2D eigenvalue weighted by Gasteiger charge is -2.39. The van der Waals surface area contributed by atoms with Crippen LogP contribution in [0.5, 0.6) is 0 Å². The molecule has 1 aromatic carbocycles. The summed E-state index contributed by atoms with van der Waals surface area (Å²) in [5.41, 5.74) is 2.36. The third-order valence-electron chi connectivity index (χ3n) is 5.00. The molecule has 1 fully saturated rings. The van der Waals surface area contributed by atoms with Gasteiger partial charge in [0.05, 0.1) is 17.7 Å². The van der Waals surface area contributed by atoms with Crippen LogP contribution >= 0.6 is 0 Å². The van der Waals surface area contributed by atoms with E-state index in [4.69, 9.17) is 9.47 Å². The van der Waals surface area contributed by atoms with Gasteiger partial charge < -0.3 is 19.9 Å². The van der Waals surface area contributed by atoms with E-state index in [1.165, 1.54) is 10.9 Å². The van der Waals surface area contributed by atoms with Crippen molar-refractivity contribution in [1.29, 1.82) is 0 Å². The zero-order valence-electron chi connectivity index (χ0n) is 15.0. The van der Waals surface area contributed by atoms with Gasteiger partial charge in [-0.25, -0.2) is 0 Å². The van der Waals surface area contributed by atoms with Crippen LogP contribution in [-0.2, 0) is 15.9 Å². The predicted octanol–water partition coefficient (Wildman–Crippen LogP) is 2.66. The number of aromatic nitrogens is 1. The van der Waals surface area contributed by atoms with Gasteiger partial charge in [0.25, 0.3) is 0 Å². The van der Waals surface area contributed by atoms with E-state index in [1.54, 1.807) is 7.11 Å². The second kappa shape index (κ2) is 8.72. The van der Waals surface area contributed by atoms with Gasteiger partial charge in [-0.3, -0.25) is 4.98 Å². The summed E-state index contributed by atoms with van der Waals surface area (Å²) in [6.07, 6.45) is 4.43. The summed E-state index contributed by atoms with van der Waals surface area (Å²) in [5, 5.41) is 15.2. The number of ether oxygens (including phenoxy) is 2. The highest BCUT2D eigenvalue weighted by Crippen LogP contribution is 2.23. The van der Waals surface area contributed by atoms with E-state index in [0.717, 1.165) is 31.3 Å². The lowest BCUT2D eigenvalue weighted by atomic mass is 9.96. The van der Waals surface area contributed by atoms with Crippen LogP contribution in [0.2, 0.25) is 0 Å². The fraction of sp³-hybridized carbons (Fsp3) is 0.550. The first kappa shape index (κ1) is 18.3. The number of benzene rings is 1. The van der Waals surface area contributed by atoms with E-state index in [9.17, 15) is 5.11 Å². The molecule has 1 aliphatic heterocycles. The molecule has 0 amide bonds. The van der Waals surface area contributed by atoms with E-state index < -0.39 is 6.10 Å². The SMILES string of the molecule is CC[C@H]1O[C@H](OC)C[C@H](NCCCc2ccnc3ccccc23)[C@@H]1O. The summed E-state index contributed by atoms with van der Waals surface area (Å²) < 4.78 is 11.1. The van der Waals surface area contributed by atoms with Crippen molar-refractivity contribution in [3.63, 3.8) is 0 Å². The van der Waals surface area contributed by atoms with Crippen LogP contribution in [0.3, 0.4) is 0 Å². The molecule has 1 aliphatic rings. The molecule has 1 saturated heterocycles. The summed E-state index contributed by atoms with van der Waals surface area (Å²) in [4.78, 5) is 4.41. The average Bonchev–Trinajstić information content (AvgIpc) is 2.66. The van der Waals surface area contributed by atoms with E-state index in [-0.39, 0.29) is 18.4 Å². The summed E-state index contributed by atoms with van der Waals surface area (Å²) in [6.45, 7) is 2.88. The number of rotatable bonds is 7. The van der Waals surface area contributed by atoms with Gasteiger partial charge in [0, 0.05) is 31.2 Å². The minimum atomic E-state index is -0.488. The molecule has 2 heterocycles. The zero-order chi connectivity index (χ0) is 17.6. The summed E-state index contributed by atoms with van der Waals surface area (Å²) in [6, 6.07) is 10.4. The maximum Gasteiger partial charge on any atom is 0.159 e. The Kier molecular flexibility index (Phi) is 6.37. The Morgan fingerprint density at radius 1 is 1.32 bits per heavy atom. The maximum atomic E-state index is 10.4. The number of para-hydroxylation sites is 1. The second-order valence-electron chi connectivity index (χ2n) is 6.63. The lowest BCUT2D eigenvalue weighted by Crippen LogP contribution is -2.54. The van der Waals surface area contributed by atoms with Crippen molar-refractivity contribution in [2.75, 3.05) is 13.7 Å². The Morgan fingerprint density at radius 2 is 2.16 bits per heavy atom. The van der Waals surface area contributed by atoms with Crippen LogP contribution in [0.25, 0.3) is 10.9 Å². The molecule has 0 spiro atoms. The molecule has 2 N–H and O–H groups in total. The molecule has 1 aromatic heterocycles. The van der Waals surface area contributed by atoms with Crippen LogP contribution in [0.4, 0.5) is 0 Å². The van der Waals surface area contributed by atoms with Gasteiger partial charge in [-0.05, 0) is 43.5 Å². The van der Waals surface area contributed by atoms with E-state index in [2.05, 4.69) is 28.5 Å². The number of nitrogens with one attached hydrogen (secondary N) is 1. The zero-order valence-corrected chi connectivity index (χ0v) is 15.0. The van der Waals surface area contributed by atoms with Gasteiger partial charge in [0.1, 0.15) is 0 Å². The molecule has 5 heteroatoms. The molecule has 3 rings (SSSR count). The topological polar surface area (TPSA) is 63.6 Å². The number of hydrogen-bond donors (Lipinski definition) is 2. The molecular formula is C20H28N2O3. The normalized spacial score (nSPS) is 26.8. The van der Waals surface area contributed by atoms with Crippen molar-refractivity contribution in [1.82, 2.24) is 10.3 Å². The van der Waals surface area contributed by atoms with Crippen LogP contribution < -0.4 is 5.32 Å². The number of pyridine rings is 1. The van der Waals surface area contributed by atoms with Crippen molar-refractivity contribution >= 4 is 10.9 Å². The van der Waals surface area contributed by atoms with Crippen LogP contribution in [0.1, 0.15) is 31.7 Å². The number of hydrogen-bond acceptors (Lipinski definition) is 5. The first-order valence-corrected chi connectivity index (χ1v) is 9.15. The molecule has 0 unspecified atom stereocenters. The average molecular weight is 344 g/mol. The van der Waals surface area contributed by atoms with Gasteiger partial charge >= 0.3 is 0 Å². The van der Waals surface area contributed by atoms with Crippen LogP contribution in [0, 0.1) is 0 Å². The number of methoxy groups -OCH3 is 1. The molecule has 0 aliphatic carbocycles. The van der Waals surface area contributed by atoms with E-state index >= 15 is 0 Å². The Bertz CT molecular complexity index is 674. The van der Waals surface area contributed by atoms with Crippen LogP contribution in [0.15, 0.2) is 36.5 Å². The number of aliphatic hydroxyl groups is 1. The largest absolute Gasteiger partial charge is 0.389 e. The summed E-state index contributed by atoms with van der Waals surface area (Å²) in [5.74, 6) is 0. The molecule has 0 radical (unpaired) electrons. The number of aryl methyl sites for hydroxylation is 1. The molecule has 136 valence electrons. The maximum absolute atomic E-state index is 10.4. The van der Waals surface area contributed by atoms with E-state index in [1.807, 2.05) is 25.3 Å². The highest BCUT2D eigenvalue weighted by Gasteiger charge is 2.36. The quantitative estimate of drug-likeness (QED) is 0.756. The summed E-state index contributed by atoms with van der Waals surface area (Å²) in [7, 11) is 1.65. The van der Waals surface area contributed by atoms with Gasteiger partial charge in [-0.2, -0.15) is 0 Å². The predicted molar refractivity (Wildman–Crippen MR) is 98.4 cm³/mol. The smallest absolute Gasteiger partial charge is 0.159 e. The molecule has 0 bridgehead atoms. The van der Waals surface area contributed by atoms with Crippen molar-refractivity contribution in [2.45, 2.75) is 57.1 Å². The van der Waals surface area contributed by atoms with E-state index in [0.29, 0.717) is 6.42 Å². The molecule has 25 heavy (non-hydrogen) atoms. The van der Waals surface area contributed by atoms with Crippen molar-refractivity contribution in [3.8, 4) is 0 Å². The molecular weight excluding hydrogens is 316 g/mol. The molecule has 5 nitrogen and oxygen atoms in total. The fourth-order valence-electron chi connectivity index (χ4n) is 3.57. The third-order valence-corrected chi connectivity index (χ3v) is 5.00. The fourth-order valence-corrected chi connectivity index (χ4v) is 3.57. The van der Waals surface area contributed by atoms with Gasteiger partial charge in [-0.1, -0.05) is 25.1 Å². The minimum absolute atomic E-state index is 0.0119. The Balaban J connectivity index is 1.53. The second-order valence-corrected chi connectivity index (χ2v) is 6.63. The number of fused-ring (bicyclic) bond motifs is 1.